The van der Waals surface area contributed by atoms with E-state index in [1.54, 1.807) is 0 Å². The quantitative estimate of drug-likeness (QED) is 0.734. The number of fused-ring (bicyclic) bond motifs is 1. The normalized spacial score (nSPS) is 14.3. The number of nitrogens with one attached hydrogen (secondary N) is 1. The van der Waals surface area contributed by atoms with Crippen molar-refractivity contribution in [3.8, 4) is 0 Å². The van der Waals surface area contributed by atoms with Gasteiger partial charge in [0, 0.05) is 5.92 Å². The second-order valence-corrected chi connectivity index (χ2v) is 5.34. The molecule has 4 heteroatoms. The van der Waals surface area contributed by atoms with E-state index in [0.717, 1.165) is 5.56 Å². The Bertz CT molecular complexity index is 776. The Morgan fingerprint density at radius 3 is 2.60 bits per heavy atom. The highest BCUT2D eigenvalue weighted by molar-refractivity contribution is 6.21. The largest absolute Gasteiger partial charge is 0.417 e. The minimum atomic E-state index is -0.445. The van der Waals surface area contributed by atoms with E-state index in [0.29, 0.717) is 11.1 Å². The van der Waals surface area contributed by atoms with Crippen LogP contribution < -0.4 is 5.76 Å². The molecule has 2 unspecified atom stereocenters. The predicted octanol–water partition coefficient (Wildman–Crippen LogP) is 4.20. The van der Waals surface area contributed by atoms with Gasteiger partial charge in [0.15, 0.2) is 5.58 Å². The van der Waals surface area contributed by atoms with Gasteiger partial charge in [0.25, 0.3) is 0 Å². The molecule has 0 spiro atoms. The summed E-state index contributed by atoms with van der Waals surface area (Å²) >= 11 is 6.57. The monoisotopic (exact) mass is 287 g/mol. The first-order valence-electron chi connectivity index (χ1n) is 6.47. The smallest absolute Gasteiger partial charge is 0.408 e. The van der Waals surface area contributed by atoms with Gasteiger partial charge in [-0.3, -0.25) is 4.98 Å². The molecule has 2 atom stereocenters. The van der Waals surface area contributed by atoms with Crippen molar-refractivity contribution in [1.82, 2.24) is 4.98 Å². The number of hydrogen-bond donors (Lipinski definition) is 1. The third kappa shape index (κ3) is 2.37. The third-order valence-corrected chi connectivity index (χ3v) is 4.16. The van der Waals surface area contributed by atoms with Crippen LogP contribution in [0.5, 0.6) is 0 Å². The highest BCUT2D eigenvalue weighted by Crippen LogP contribution is 2.36. The van der Waals surface area contributed by atoms with Crippen LogP contribution >= 0.6 is 11.6 Å². The molecule has 0 aliphatic heterocycles. The summed E-state index contributed by atoms with van der Waals surface area (Å²) in [7, 11) is 0. The van der Waals surface area contributed by atoms with Crippen LogP contribution in [0.15, 0.2) is 57.7 Å². The molecule has 0 saturated heterocycles. The molecule has 0 aliphatic carbocycles. The summed E-state index contributed by atoms with van der Waals surface area (Å²) in [5, 5.41) is -0.179. The van der Waals surface area contributed by atoms with Gasteiger partial charge in [-0.2, -0.15) is 0 Å². The number of benzene rings is 2. The predicted molar refractivity (Wildman–Crippen MR) is 80.3 cm³/mol. The van der Waals surface area contributed by atoms with Gasteiger partial charge in [-0.1, -0.05) is 43.3 Å². The average Bonchev–Trinajstić information content (AvgIpc) is 2.85. The lowest BCUT2D eigenvalue weighted by Crippen LogP contribution is -2.02. The van der Waals surface area contributed by atoms with Gasteiger partial charge in [0.1, 0.15) is 0 Å². The molecule has 1 heterocycles. The van der Waals surface area contributed by atoms with Gasteiger partial charge in [-0.15, -0.1) is 11.6 Å². The van der Waals surface area contributed by atoms with E-state index in [1.165, 1.54) is 5.56 Å². The zero-order valence-corrected chi connectivity index (χ0v) is 11.7. The summed E-state index contributed by atoms with van der Waals surface area (Å²) in [4.78, 5) is 13.8. The van der Waals surface area contributed by atoms with Gasteiger partial charge in [-0.25, -0.2) is 4.79 Å². The van der Waals surface area contributed by atoms with Crippen molar-refractivity contribution in [2.75, 3.05) is 0 Å². The molecule has 0 saturated carbocycles. The van der Waals surface area contributed by atoms with Gasteiger partial charge in [0.2, 0.25) is 0 Å². The number of aromatic nitrogens is 1. The molecule has 3 aromatic rings. The number of halogens is 1. The number of hydrogen-bond acceptors (Lipinski definition) is 2. The molecular formula is C16H14ClNO2. The van der Waals surface area contributed by atoms with E-state index < -0.39 is 5.76 Å². The fraction of sp³-hybridized carbons (Fsp3) is 0.188. The fourth-order valence-corrected chi connectivity index (χ4v) is 2.63. The Morgan fingerprint density at radius 2 is 1.85 bits per heavy atom. The van der Waals surface area contributed by atoms with Crippen molar-refractivity contribution in [1.29, 1.82) is 0 Å². The number of aromatic amines is 1. The van der Waals surface area contributed by atoms with E-state index in [9.17, 15) is 4.79 Å². The number of H-pyrrole nitrogens is 1. The second kappa shape index (κ2) is 5.17. The lowest BCUT2D eigenvalue weighted by molar-refractivity contribution is 0.554. The highest BCUT2D eigenvalue weighted by Gasteiger charge is 2.19. The van der Waals surface area contributed by atoms with Crippen molar-refractivity contribution in [2.24, 2.45) is 0 Å². The van der Waals surface area contributed by atoms with Crippen LogP contribution in [0, 0.1) is 0 Å². The van der Waals surface area contributed by atoms with E-state index >= 15 is 0 Å². The van der Waals surface area contributed by atoms with Crippen molar-refractivity contribution >= 4 is 22.7 Å². The summed E-state index contributed by atoms with van der Waals surface area (Å²) in [5.74, 6) is -0.277. The Balaban J connectivity index is 1.95. The van der Waals surface area contributed by atoms with Crippen molar-refractivity contribution in [3.63, 3.8) is 0 Å². The molecule has 1 aromatic heterocycles. The molecule has 0 bridgehead atoms. The van der Waals surface area contributed by atoms with Crippen LogP contribution in [0.1, 0.15) is 29.3 Å². The lowest BCUT2D eigenvalue weighted by Gasteiger charge is -2.18. The summed E-state index contributed by atoms with van der Waals surface area (Å²) in [5.41, 5.74) is 3.36. The molecule has 20 heavy (non-hydrogen) atoms. The molecule has 0 fully saturated rings. The Hall–Kier alpha value is -2.00. The summed E-state index contributed by atoms with van der Waals surface area (Å²) in [6.45, 7) is 2.09. The van der Waals surface area contributed by atoms with Crippen molar-refractivity contribution in [2.45, 2.75) is 18.2 Å². The van der Waals surface area contributed by atoms with Crippen molar-refractivity contribution in [3.05, 3.63) is 70.2 Å². The minimum Gasteiger partial charge on any atom is -0.408 e. The minimum absolute atomic E-state index is 0.168. The maximum atomic E-state index is 11.2. The molecule has 3 rings (SSSR count). The first-order valence-corrected chi connectivity index (χ1v) is 6.90. The van der Waals surface area contributed by atoms with Gasteiger partial charge in [0.05, 0.1) is 10.9 Å². The first-order chi connectivity index (χ1) is 9.65. The van der Waals surface area contributed by atoms with Crippen LogP contribution in [0.2, 0.25) is 0 Å². The summed E-state index contributed by atoms with van der Waals surface area (Å²) in [6, 6.07) is 15.7. The highest BCUT2D eigenvalue weighted by atomic mass is 35.5. The lowest BCUT2D eigenvalue weighted by atomic mass is 9.93. The summed E-state index contributed by atoms with van der Waals surface area (Å²) < 4.78 is 5.07. The van der Waals surface area contributed by atoms with E-state index in [-0.39, 0.29) is 11.3 Å². The fourth-order valence-electron chi connectivity index (χ4n) is 2.35. The maximum Gasteiger partial charge on any atom is 0.417 e. The number of oxazole rings is 1. The summed E-state index contributed by atoms with van der Waals surface area (Å²) in [6.07, 6.45) is 0. The Morgan fingerprint density at radius 1 is 1.10 bits per heavy atom. The average molecular weight is 288 g/mol. The second-order valence-electron chi connectivity index (χ2n) is 4.87. The van der Waals surface area contributed by atoms with Crippen LogP contribution in [0.25, 0.3) is 11.1 Å². The molecule has 102 valence electrons. The SMILES string of the molecule is CC(c1ccccc1)C(Cl)c1ccc2[nH]c(=O)oc2c1. The standard InChI is InChI=1S/C16H14ClNO2/c1-10(11-5-3-2-4-6-11)15(17)12-7-8-13-14(9-12)20-16(19)18-13/h2-10,15H,1H3,(H,18,19). The van der Waals surface area contributed by atoms with Crippen LogP contribution in [0.3, 0.4) is 0 Å². The van der Waals surface area contributed by atoms with Crippen LogP contribution in [0.4, 0.5) is 0 Å². The molecule has 2 aromatic carbocycles. The first kappa shape index (κ1) is 13.0. The van der Waals surface area contributed by atoms with Crippen LogP contribution in [-0.2, 0) is 0 Å². The molecule has 0 amide bonds. The Labute approximate surface area is 121 Å². The van der Waals surface area contributed by atoms with Gasteiger partial charge in [-0.05, 0) is 23.3 Å². The molecule has 0 radical (unpaired) electrons. The topological polar surface area (TPSA) is 46.0 Å². The maximum absolute atomic E-state index is 11.2. The molecule has 1 N–H and O–H groups in total. The van der Waals surface area contributed by atoms with E-state index in [1.807, 2.05) is 36.4 Å². The van der Waals surface area contributed by atoms with Gasteiger partial charge < -0.3 is 4.42 Å². The zero-order chi connectivity index (χ0) is 14.1. The molecule has 3 nitrogen and oxygen atoms in total. The third-order valence-electron chi connectivity index (χ3n) is 3.53. The number of alkyl halides is 1. The zero-order valence-electron chi connectivity index (χ0n) is 11.0. The molecule has 0 aliphatic rings. The van der Waals surface area contributed by atoms with Crippen molar-refractivity contribution < 1.29 is 4.42 Å². The van der Waals surface area contributed by atoms with Crippen LogP contribution in [-0.4, -0.2) is 4.98 Å². The number of rotatable bonds is 3. The van der Waals surface area contributed by atoms with E-state index in [2.05, 4.69) is 24.0 Å². The molecular weight excluding hydrogens is 274 g/mol. The van der Waals surface area contributed by atoms with E-state index in [4.69, 9.17) is 16.0 Å². The Kier molecular flexibility index (Phi) is 3.36. The van der Waals surface area contributed by atoms with Gasteiger partial charge >= 0.3 is 5.76 Å².